The molecule has 1 fully saturated rings. The van der Waals surface area contributed by atoms with Gasteiger partial charge >= 0.3 is 5.97 Å². The first-order valence-electron chi connectivity index (χ1n) is 8.75. The predicted octanol–water partition coefficient (Wildman–Crippen LogP) is 1.92. The minimum atomic E-state index is -0.769. The molecule has 1 aliphatic heterocycles. The first-order chi connectivity index (χ1) is 10.8. The number of piperidine rings is 1. The number of hydrogen-bond donors (Lipinski definition) is 1. The van der Waals surface area contributed by atoms with Gasteiger partial charge in [-0.2, -0.15) is 0 Å². The molecule has 0 aromatic carbocycles. The number of rotatable bonds is 8. The lowest BCUT2D eigenvalue weighted by Gasteiger charge is -2.38. The number of likely N-dealkylation sites (N-methyl/N-ethyl adjacent to an activating group) is 1. The number of aliphatic carboxylic acids is 1. The zero-order chi connectivity index (χ0) is 17.6. The SMILES string of the molecule is CCN(CC(=O)O)C1CCN(CC(=O)N(C(C)C)C(C)C)CC1.Cl. The highest BCUT2D eigenvalue weighted by atomic mass is 35.5. The van der Waals surface area contributed by atoms with E-state index in [0.29, 0.717) is 12.6 Å². The molecule has 0 aliphatic carbocycles. The van der Waals surface area contributed by atoms with Crippen LogP contribution in [0, 0.1) is 0 Å². The Hall–Kier alpha value is -0.850. The number of carbonyl (C=O) groups excluding carboxylic acids is 1. The van der Waals surface area contributed by atoms with Gasteiger partial charge in [0.25, 0.3) is 0 Å². The van der Waals surface area contributed by atoms with Crippen molar-refractivity contribution in [2.45, 2.75) is 65.6 Å². The van der Waals surface area contributed by atoms with Crippen molar-refractivity contribution >= 4 is 24.3 Å². The van der Waals surface area contributed by atoms with Crippen LogP contribution in [0.2, 0.25) is 0 Å². The number of amides is 1. The van der Waals surface area contributed by atoms with E-state index in [9.17, 15) is 9.59 Å². The van der Waals surface area contributed by atoms with Gasteiger partial charge in [-0.15, -0.1) is 12.4 Å². The van der Waals surface area contributed by atoms with Gasteiger partial charge in [0.05, 0.1) is 13.1 Å². The van der Waals surface area contributed by atoms with Gasteiger partial charge in [0, 0.05) is 31.2 Å². The highest BCUT2D eigenvalue weighted by Gasteiger charge is 2.28. The van der Waals surface area contributed by atoms with E-state index >= 15 is 0 Å². The molecule has 142 valence electrons. The summed E-state index contributed by atoms with van der Waals surface area (Å²) in [5, 5.41) is 8.98. The van der Waals surface area contributed by atoms with E-state index in [0.717, 1.165) is 32.5 Å². The van der Waals surface area contributed by atoms with Gasteiger partial charge < -0.3 is 10.0 Å². The van der Waals surface area contributed by atoms with Crippen LogP contribution in [0.25, 0.3) is 0 Å². The van der Waals surface area contributed by atoms with Gasteiger partial charge in [-0.05, 0) is 47.1 Å². The van der Waals surface area contributed by atoms with E-state index in [2.05, 4.69) is 32.6 Å². The standard InChI is InChI=1S/C17H33N3O3.ClH/c1-6-19(12-17(22)23)15-7-9-18(10-8-15)11-16(21)20(13(2)3)14(4)5;/h13-15H,6-12H2,1-5H3,(H,22,23);1H. The molecular weight excluding hydrogens is 330 g/mol. The Bertz CT molecular complexity index is 389. The Labute approximate surface area is 152 Å². The van der Waals surface area contributed by atoms with Gasteiger partial charge in [-0.1, -0.05) is 6.92 Å². The maximum Gasteiger partial charge on any atom is 0.317 e. The lowest BCUT2D eigenvalue weighted by atomic mass is 10.0. The average molecular weight is 364 g/mol. The Morgan fingerprint density at radius 1 is 1.12 bits per heavy atom. The van der Waals surface area contributed by atoms with Crippen molar-refractivity contribution in [3.05, 3.63) is 0 Å². The molecule has 0 unspecified atom stereocenters. The van der Waals surface area contributed by atoms with Gasteiger partial charge in [0.1, 0.15) is 0 Å². The second-order valence-corrected chi connectivity index (χ2v) is 6.95. The second-order valence-electron chi connectivity index (χ2n) is 6.95. The zero-order valence-corrected chi connectivity index (χ0v) is 16.5. The Balaban J connectivity index is 0.00000529. The smallest absolute Gasteiger partial charge is 0.317 e. The van der Waals surface area contributed by atoms with Crippen LogP contribution in [0.3, 0.4) is 0 Å². The fraction of sp³-hybridized carbons (Fsp3) is 0.882. The van der Waals surface area contributed by atoms with Crippen molar-refractivity contribution in [1.29, 1.82) is 0 Å². The summed E-state index contributed by atoms with van der Waals surface area (Å²) in [6.07, 6.45) is 1.86. The third-order valence-electron chi connectivity index (χ3n) is 4.58. The number of carboxylic acids is 1. The molecule has 0 saturated carbocycles. The molecule has 1 amide bonds. The Morgan fingerprint density at radius 3 is 2.00 bits per heavy atom. The molecule has 0 aromatic rings. The van der Waals surface area contributed by atoms with E-state index in [4.69, 9.17) is 5.11 Å². The first kappa shape index (κ1) is 23.1. The van der Waals surface area contributed by atoms with E-state index in [1.165, 1.54) is 0 Å². The molecule has 0 spiro atoms. The van der Waals surface area contributed by atoms with E-state index in [1.54, 1.807) is 0 Å². The van der Waals surface area contributed by atoms with Crippen LogP contribution in [0.15, 0.2) is 0 Å². The van der Waals surface area contributed by atoms with Crippen LogP contribution in [0.4, 0.5) is 0 Å². The summed E-state index contributed by atoms with van der Waals surface area (Å²) in [7, 11) is 0. The van der Waals surface area contributed by atoms with E-state index in [-0.39, 0.29) is 36.9 Å². The maximum atomic E-state index is 12.5. The van der Waals surface area contributed by atoms with Crippen molar-refractivity contribution in [3.63, 3.8) is 0 Å². The van der Waals surface area contributed by atoms with Crippen LogP contribution in [-0.2, 0) is 9.59 Å². The highest BCUT2D eigenvalue weighted by molar-refractivity contribution is 5.85. The van der Waals surface area contributed by atoms with Gasteiger partial charge in [0.2, 0.25) is 5.91 Å². The van der Waals surface area contributed by atoms with Gasteiger partial charge in [-0.3, -0.25) is 19.4 Å². The minimum Gasteiger partial charge on any atom is -0.480 e. The normalized spacial score (nSPS) is 16.5. The summed E-state index contributed by atoms with van der Waals surface area (Å²) >= 11 is 0. The van der Waals surface area contributed by atoms with Crippen LogP contribution >= 0.6 is 12.4 Å². The summed E-state index contributed by atoms with van der Waals surface area (Å²) in [5.74, 6) is -0.583. The van der Waals surface area contributed by atoms with Crippen molar-refractivity contribution in [2.24, 2.45) is 0 Å². The molecule has 24 heavy (non-hydrogen) atoms. The molecule has 1 heterocycles. The topological polar surface area (TPSA) is 64.1 Å². The molecule has 1 rings (SSSR count). The number of hydrogen-bond acceptors (Lipinski definition) is 4. The number of halogens is 1. The summed E-state index contributed by atoms with van der Waals surface area (Å²) in [5.41, 5.74) is 0. The molecule has 0 bridgehead atoms. The van der Waals surface area contributed by atoms with Crippen LogP contribution in [0.1, 0.15) is 47.5 Å². The Morgan fingerprint density at radius 2 is 1.62 bits per heavy atom. The summed E-state index contributed by atoms with van der Waals surface area (Å²) in [4.78, 5) is 29.6. The van der Waals surface area contributed by atoms with E-state index in [1.807, 2.05) is 16.7 Å². The van der Waals surface area contributed by atoms with Crippen LogP contribution in [0.5, 0.6) is 0 Å². The lowest BCUT2D eigenvalue weighted by Crippen LogP contribution is -2.51. The predicted molar refractivity (Wildman–Crippen MR) is 98.7 cm³/mol. The molecule has 7 heteroatoms. The number of carbonyl (C=O) groups is 2. The van der Waals surface area contributed by atoms with Crippen molar-refractivity contribution in [2.75, 3.05) is 32.7 Å². The molecule has 1 aliphatic rings. The summed E-state index contributed by atoms with van der Waals surface area (Å²) in [6.45, 7) is 13.2. The average Bonchev–Trinajstić information content (AvgIpc) is 2.44. The molecule has 1 N–H and O–H groups in total. The number of carboxylic acid groups (broad SMARTS) is 1. The molecule has 1 saturated heterocycles. The second kappa shape index (κ2) is 10.9. The fourth-order valence-corrected chi connectivity index (χ4v) is 3.56. The van der Waals surface area contributed by atoms with Crippen molar-refractivity contribution in [3.8, 4) is 0 Å². The number of nitrogens with zero attached hydrogens (tertiary/aromatic N) is 3. The Kier molecular flexibility index (Phi) is 10.5. The maximum absolute atomic E-state index is 12.5. The summed E-state index contributed by atoms with van der Waals surface area (Å²) in [6, 6.07) is 0.742. The molecule has 0 atom stereocenters. The highest BCUT2D eigenvalue weighted by Crippen LogP contribution is 2.17. The van der Waals surface area contributed by atoms with Gasteiger partial charge in [0.15, 0.2) is 0 Å². The number of likely N-dealkylation sites (tertiary alicyclic amines) is 1. The van der Waals surface area contributed by atoms with Gasteiger partial charge in [-0.25, -0.2) is 0 Å². The molecule has 0 radical (unpaired) electrons. The summed E-state index contributed by atoms with van der Waals surface area (Å²) < 4.78 is 0. The molecule has 0 aromatic heterocycles. The van der Waals surface area contributed by atoms with Crippen molar-refractivity contribution < 1.29 is 14.7 Å². The fourth-order valence-electron chi connectivity index (χ4n) is 3.56. The third-order valence-corrected chi connectivity index (χ3v) is 4.58. The largest absolute Gasteiger partial charge is 0.480 e. The molecule has 6 nitrogen and oxygen atoms in total. The van der Waals surface area contributed by atoms with Crippen molar-refractivity contribution in [1.82, 2.24) is 14.7 Å². The quantitative estimate of drug-likeness (QED) is 0.713. The molecular formula is C17H34ClN3O3. The lowest BCUT2D eigenvalue weighted by molar-refractivity contribution is -0.139. The van der Waals surface area contributed by atoms with Crippen LogP contribution < -0.4 is 0 Å². The van der Waals surface area contributed by atoms with Crippen LogP contribution in [-0.4, -0.2) is 82.5 Å². The monoisotopic (exact) mass is 363 g/mol. The minimum absolute atomic E-state index is 0. The zero-order valence-electron chi connectivity index (χ0n) is 15.7. The first-order valence-corrected chi connectivity index (χ1v) is 8.75. The van der Waals surface area contributed by atoms with E-state index < -0.39 is 5.97 Å². The third kappa shape index (κ3) is 6.95.